The Morgan fingerprint density at radius 1 is 1.15 bits per heavy atom. The van der Waals surface area contributed by atoms with E-state index < -0.39 is 0 Å². The number of hydrogen-bond donors (Lipinski definition) is 1. The predicted octanol–water partition coefficient (Wildman–Crippen LogP) is 6.00. The molecule has 7 heteroatoms. The van der Waals surface area contributed by atoms with E-state index in [-0.39, 0.29) is 6.61 Å². The van der Waals surface area contributed by atoms with E-state index in [2.05, 4.69) is 44.7 Å². The molecule has 0 atom stereocenters. The standard InChI is InChI=1S/C26H19IN4O2/c1-16-7-8-22-23(9-16)31-26(30-22)20(14-29)10-17-11-21(27)25(24(12-17)32-2)33-15-19-6-4-3-5-18(19)13-28/h3-12H,15H2,1-2H3,(H,30,31)/b20-10-. The number of aryl methyl sites for hydroxylation is 1. The Bertz CT molecular complexity index is 1460. The van der Waals surface area contributed by atoms with Crippen LogP contribution in [-0.4, -0.2) is 17.1 Å². The zero-order valence-corrected chi connectivity index (χ0v) is 20.2. The lowest BCUT2D eigenvalue weighted by atomic mass is 10.1. The van der Waals surface area contributed by atoms with Crippen molar-refractivity contribution in [2.75, 3.05) is 7.11 Å². The van der Waals surface area contributed by atoms with Crippen LogP contribution in [0.25, 0.3) is 22.7 Å². The quantitative estimate of drug-likeness (QED) is 0.237. The smallest absolute Gasteiger partial charge is 0.174 e. The molecule has 33 heavy (non-hydrogen) atoms. The van der Waals surface area contributed by atoms with Crippen molar-refractivity contribution in [1.82, 2.24) is 9.97 Å². The first-order valence-electron chi connectivity index (χ1n) is 10.1. The van der Waals surface area contributed by atoms with Crippen LogP contribution < -0.4 is 9.47 Å². The van der Waals surface area contributed by atoms with Gasteiger partial charge >= 0.3 is 0 Å². The van der Waals surface area contributed by atoms with E-state index in [1.165, 1.54) is 0 Å². The van der Waals surface area contributed by atoms with Gasteiger partial charge in [0.05, 0.1) is 38.9 Å². The molecule has 0 radical (unpaired) electrons. The molecular weight excluding hydrogens is 527 g/mol. The number of halogens is 1. The third-order valence-electron chi connectivity index (χ3n) is 5.09. The number of benzene rings is 3. The lowest BCUT2D eigenvalue weighted by molar-refractivity contribution is 0.282. The number of methoxy groups -OCH3 is 1. The van der Waals surface area contributed by atoms with Crippen molar-refractivity contribution in [2.45, 2.75) is 13.5 Å². The van der Waals surface area contributed by atoms with Crippen molar-refractivity contribution < 1.29 is 9.47 Å². The second kappa shape index (κ2) is 9.76. The second-order valence-electron chi connectivity index (χ2n) is 7.37. The number of imidazole rings is 1. The molecule has 4 rings (SSSR count). The minimum Gasteiger partial charge on any atom is -0.493 e. The minimum absolute atomic E-state index is 0.243. The summed E-state index contributed by atoms with van der Waals surface area (Å²) in [5.41, 5.74) is 5.39. The van der Waals surface area contributed by atoms with Crippen LogP contribution in [-0.2, 0) is 6.61 Å². The van der Waals surface area contributed by atoms with Crippen molar-refractivity contribution >= 4 is 45.3 Å². The topological polar surface area (TPSA) is 94.7 Å². The van der Waals surface area contributed by atoms with Gasteiger partial charge in [-0.15, -0.1) is 0 Å². The van der Waals surface area contributed by atoms with Crippen molar-refractivity contribution in [3.8, 4) is 23.6 Å². The predicted molar refractivity (Wildman–Crippen MR) is 136 cm³/mol. The number of nitrogens with zero attached hydrogens (tertiary/aromatic N) is 3. The van der Waals surface area contributed by atoms with Gasteiger partial charge < -0.3 is 14.5 Å². The number of aromatic amines is 1. The summed E-state index contributed by atoms with van der Waals surface area (Å²) in [6.07, 6.45) is 1.77. The monoisotopic (exact) mass is 546 g/mol. The molecule has 0 spiro atoms. The number of allylic oxidation sites excluding steroid dienone is 1. The van der Waals surface area contributed by atoms with Gasteiger partial charge in [0.25, 0.3) is 0 Å². The van der Waals surface area contributed by atoms with E-state index in [0.29, 0.717) is 28.5 Å². The second-order valence-corrected chi connectivity index (χ2v) is 8.53. The fraction of sp³-hybridized carbons (Fsp3) is 0.115. The maximum absolute atomic E-state index is 9.77. The molecule has 3 aromatic carbocycles. The summed E-state index contributed by atoms with van der Waals surface area (Å²) in [4.78, 5) is 7.78. The fourth-order valence-corrected chi connectivity index (χ4v) is 4.22. The summed E-state index contributed by atoms with van der Waals surface area (Å²) >= 11 is 2.18. The Hall–Kier alpha value is -3.82. The molecule has 6 nitrogen and oxygen atoms in total. The van der Waals surface area contributed by atoms with E-state index >= 15 is 0 Å². The first kappa shape index (κ1) is 22.4. The Balaban J connectivity index is 1.65. The van der Waals surface area contributed by atoms with Crippen LogP contribution in [0.15, 0.2) is 54.6 Å². The van der Waals surface area contributed by atoms with Crippen LogP contribution in [0.1, 0.15) is 28.1 Å². The van der Waals surface area contributed by atoms with Crippen LogP contribution in [0.5, 0.6) is 11.5 Å². The molecule has 0 aliphatic heterocycles. The summed E-state index contributed by atoms with van der Waals surface area (Å²) in [6, 6.07) is 21.4. The van der Waals surface area contributed by atoms with E-state index in [0.717, 1.165) is 31.3 Å². The minimum atomic E-state index is 0.243. The molecule has 0 aliphatic carbocycles. The molecule has 0 saturated heterocycles. The van der Waals surface area contributed by atoms with E-state index in [9.17, 15) is 10.5 Å². The number of rotatable bonds is 6. The number of ether oxygens (including phenoxy) is 2. The molecule has 0 saturated carbocycles. The van der Waals surface area contributed by atoms with Crippen molar-refractivity contribution in [3.63, 3.8) is 0 Å². The highest BCUT2D eigenvalue weighted by Gasteiger charge is 2.14. The Morgan fingerprint density at radius 3 is 2.73 bits per heavy atom. The first-order valence-corrected chi connectivity index (χ1v) is 11.2. The van der Waals surface area contributed by atoms with Crippen molar-refractivity contribution in [2.24, 2.45) is 0 Å². The third kappa shape index (κ3) is 4.84. The van der Waals surface area contributed by atoms with Crippen LogP contribution in [0, 0.1) is 33.2 Å². The lowest BCUT2D eigenvalue weighted by Crippen LogP contribution is -2.02. The Labute approximate surface area is 205 Å². The first-order chi connectivity index (χ1) is 16.0. The molecule has 0 amide bonds. The molecule has 0 aliphatic rings. The van der Waals surface area contributed by atoms with Gasteiger partial charge in [-0.1, -0.05) is 24.3 Å². The molecule has 1 heterocycles. The van der Waals surface area contributed by atoms with Gasteiger partial charge in [0.1, 0.15) is 18.5 Å². The normalized spacial score (nSPS) is 11.1. The van der Waals surface area contributed by atoms with E-state index in [1.54, 1.807) is 19.3 Å². The summed E-state index contributed by atoms with van der Waals surface area (Å²) in [5, 5.41) is 19.1. The Morgan fingerprint density at radius 2 is 1.97 bits per heavy atom. The Kier molecular flexibility index (Phi) is 6.62. The summed E-state index contributed by atoms with van der Waals surface area (Å²) in [5.74, 6) is 1.64. The SMILES string of the molecule is COc1cc(/C=C(/C#N)c2nc3ccc(C)cc3[nH]2)cc(I)c1OCc1ccccc1C#N. The molecule has 0 bridgehead atoms. The van der Waals surface area contributed by atoms with E-state index in [4.69, 9.17) is 9.47 Å². The van der Waals surface area contributed by atoms with Crippen molar-refractivity contribution in [1.29, 1.82) is 10.5 Å². The fourth-order valence-electron chi connectivity index (χ4n) is 3.44. The van der Waals surface area contributed by atoms with Crippen LogP contribution >= 0.6 is 22.6 Å². The van der Waals surface area contributed by atoms with Crippen LogP contribution in [0.4, 0.5) is 0 Å². The van der Waals surface area contributed by atoms with Gasteiger partial charge in [0.2, 0.25) is 0 Å². The number of nitriles is 2. The summed E-state index contributed by atoms with van der Waals surface area (Å²) < 4.78 is 12.4. The summed E-state index contributed by atoms with van der Waals surface area (Å²) in [7, 11) is 1.57. The van der Waals surface area contributed by atoms with Gasteiger partial charge in [-0.3, -0.25) is 0 Å². The maximum atomic E-state index is 9.77. The number of hydrogen-bond acceptors (Lipinski definition) is 5. The number of fused-ring (bicyclic) bond motifs is 1. The van der Waals surface area contributed by atoms with Gasteiger partial charge in [-0.05, 0) is 77.0 Å². The molecule has 4 aromatic rings. The molecule has 0 fully saturated rings. The highest BCUT2D eigenvalue weighted by atomic mass is 127. The highest BCUT2D eigenvalue weighted by Crippen LogP contribution is 2.36. The number of aromatic nitrogens is 2. The third-order valence-corrected chi connectivity index (χ3v) is 5.89. The number of H-pyrrole nitrogens is 1. The average molecular weight is 546 g/mol. The zero-order chi connectivity index (χ0) is 23.4. The number of nitrogens with one attached hydrogen (secondary N) is 1. The van der Waals surface area contributed by atoms with Crippen LogP contribution in [0.2, 0.25) is 0 Å². The van der Waals surface area contributed by atoms with Gasteiger partial charge in [0, 0.05) is 5.56 Å². The molecular formula is C26H19IN4O2. The lowest BCUT2D eigenvalue weighted by Gasteiger charge is -2.14. The highest BCUT2D eigenvalue weighted by molar-refractivity contribution is 14.1. The van der Waals surface area contributed by atoms with Crippen molar-refractivity contribution in [3.05, 3.63) is 86.2 Å². The molecule has 0 unspecified atom stereocenters. The molecule has 1 aromatic heterocycles. The van der Waals surface area contributed by atoms with Gasteiger partial charge in [-0.2, -0.15) is 10.5 Å². The van der Waals surface area contributed by atoms with Gasteiger partial charge in [-0.25, -0.2) is 4.98 Å². The summed E-state index contributed by atoms with van der Waals surface area (Å²) in [6.45, 7) is 2.25. The zero-order valence-electron chi connectivity index (χ0n) is 18.0. The molecule has 162 valence electrons. The molecule has 1 N–H and O–H groups in total. The maximum Gasteiger partial charge on any atom is 0.174 e. The van der Waals surface area contributed by atoms with Crippen LogP contribution in [0.3, 0.4) is 0 Å². The largest absolute Gasteiger partial charge is 0.493 e. The average Bonchev–Trinajstić information content (AvgIpc) is 3.24. The van der Waals surface area contributed by atoms with E-state index in [1.807, 2.05) is 55.5 Å². The van der Waals surface area contributed by atoms with Gasteiger partial charge in [0.15, 0.2) is 11.5 Å².